The molecule has 0 aliphatic heterocycles. The average molecular weight is 334 g/mol. The van der Waals surface area contributed by atoms with Crippen molar-refractivity contribution in [1.29, 1.82) is 0 Å². The first kappa shape index (κ1) is 13.5. The Morgan fingerprint density at radius 3 is 2.96 bits per heavy atom. The van der Waals surface area contributed by atoms with E-state index >= 15 is 0 Å². The average Bonchev–Trinajstić information content (AvgIpc) is 3.30. The molecule has 0 radical (unpaired) electrons. The van der Waals surface area contributed by atoms with Crippen molar-refractivity contribution in [3.05, 3.63) is 36.8 Å². The van der Waals surface area contributed by atoms with Gasteiger partial charge in [-0.3, -0.25) is 0 Å². The molecule has 4 aromatic heterocycles. The molecule has 0 amide bonds. The molecule has 5 rings (SSSR count). The predicted octanol–water partition coefficient (Wildman–Crippen LogP) is 3.77. The van der Waals surface area contributed by atoms with Crippen LogP contribution in [0.5, 0.6) is 0 Å². The number of nitrogens with one attached hydrogen (secondary N) is 2. The second-order valence-electron chi connectivity index (χ2n) is 5.72. The number of benzene rings is 1. The van der Waals surface area contributed by atoms with Crippen LogP contribution in [0.4, 0.5) is 5.82 Å². The molecule has 7 heteroatoms. The van der Waals surface area contributed by atoms with E-state index in [0.29, 0.717) is 0 Å². The van der Waals surface area contributed by atoms with Crippen LogP contribution in [-0.2, 0) is 7.05 Å². The molecule has 0 fully saturated rings. The first-order valence-corrected chi connectivity index (χ1v) is 8.43. The molecule has 5 aromatic rings. The fraction of sp³-hybridized carbons (Fsp3) is 0.118. The van der Waals surface area contributed by atoms with E-state index in [-0.39, 0.29) is 0 Å². The zero-order valence-corrected chi connectivity index (χ0v) is 14.0. The van der Waals surface area contributed by atoms with Gasteiger partial charge in [0.15, 0.2) is 5.82 Å². The molecule has 0 bridgehead atoms. The Kier molecular flexibility index (Phi) is 2.69. The van der Waals surface area contributed by atoms with Gasteiger partial charge >= 0.3 is 0 Å². The number of aromatic nitrogens is 5. The molecular formula is C17H14N6S. The van der Waals surface area contributed by atoms with E-state index < -0.39 is 0 Å². The number of H-pyrrole nitrogens is 1. The number of pyridine rings is 1. The van der Waals surface area contributed by atoms with E-state index in [4.69, 9.17) is 9.97 Å². The van der Waals surface area contributed by atoms with Gasteiger partial charge in [-0.2, -0.15) is 0 Å². The van der Waals surface area contributed by atoms with Crippen molar-refractivity contribution in [3.8, 4) is 10.6 Å². The van der Waals surface area contributed by atoms with Gasteiger partial charge in [-0.15, -0.1) is 0 Å². The van der Waals surface area contributed by atoms with Crippen molar-refractivity contribution in [2.45, 2.75) is 0 Å². The second-order valence-corrected chi connectivity index (χ2v) is 6.69. The zero-order valence-electron chi connectivity index (χ0n) is 13.2. The third-order valence-corrected chi connectivity index (χ3v) is 5.24. The summed E-state index contributed by atoms with van der Waals surface area (Å²) < 4.78 is 2.00. The molecule has 2 N–H and O–H groups in total. The van der Waals surface area contributed by atoms with E-state index in [9.17, 15) is 0 Å². The van der Waals surface area contributed by atoms with Crippen LogP contribution >= 0.6 is 11.3 Å². The number of hydrogen-bond donors (Lipinski definition) is 2. The lowest BCUT2D eigenvalue weighted by molar-refractivity contribution is 0.949. The molecule has 24 heavy (non-hydrogen) atoms. The van der Waals surface area contributed by atoms with Gasteiger partial charge in [0.25, 0.3) is 0 Å². The maximum absolute atomic E-state index is 4.87. The third-order valence-electron chi connectivity index (χ3n) is 4.25. The van der Waals surface area contributed by atoms with Gasteiger partial charge in [-0.25, -0.2) is 15.0 Å². The Balaban J connectivity index is 1.81. The molecule has 6 nitrogen and oxygen atoms in total. The van der Waals surface area contributed by atoms with Crippen LogP contribution in [0.15, 0.2) is 36.8 Å². The number of anilines is 1. The summed E-state index contributed by atoms with van der Waals surface area (Å²) in [5.74, 6) is 0.786. The van der Waals surface area contributed by atoms with Crippen LogP contribution in [0, 0.1) is 0 Å². The fourth-order valence-electron chi connectivity index (χ4n) is 3.06. The lowest BCUT2D eigenvalue weighted by atomic mass is 10.2. The van der Waals surface area contributed by atoms with Gasteiger partial charge in [-0.05, 0) is 24.3 Å². The van der Waals surface area contributed by atoms with E-state index in [1.54, 1.807) is 17.7 Å². The highest BCUT2D eigenvalue weighted by Crippen LogP contribution is 2.35. The van der Waals surface area contributed by atoms with E-state index in [1.807, 2.05) is 24.9 Å². The number of imidazole rings is 1. The highest BCUT2D eigenvalue weighted by molar-refractivity contribution is 7.21. The first-order valence-electron chi connectivity index (χ1n) is 7.61. The molecule has 0 atom stereocenters. The van der Waals surface area contributed by atoms with Crippen LogP contribution in [0.1, 0.15) is 0 Å². The summed E-state index contributed by atoms with van der Waals surface area (Å²) in [6.07, 6.45) is 3.75. The summed E-state index contributed by atoms with van der Waals surface area (Å²) >= 11 is 1.60. The quantitative estimate of drug-likeness (QED) is 0.515. The maximum Gasteiger partial charge on any atom is 0.155 e. The predicted molar refractivity (Wildman–Crippen MR) is 98.5 cm³/mol. The number of nitrogens with zero attached hydrogens (tertiary/aromatic N) is 4. The Labute approximate surface area is 141 Å². The Morgan fingerprint density at radius 2 is 2.08 bits per heavy atom. The number of rotatable bonds is 2. The first-order chi connectivity index (χ1) is 11.7. The standard InChI is InChI=1S/C17H14N6S/c1-18-15-12-14(23(2)8-20-12)13-17(22-15)24-16(21-13)10-3-4-11-9(7-10)5-6-19-11/h3-8,19H,1-2H3,(H,18,22). The van der Waals surface area contributed by atoms with Gasteiger partial charge in [0.2, 0.25) is 0 Å². The smallest absolute Gasteiger partial charge is 0.155 e. The second kappa shape index (κ2) is 4.78. The molecule has 0 saturated carbocycles. The van der Waals surface area contributed by atoms with Crippen molar-refractivity contribution < 1.29 is 0 Å². The van der Waals surface area contributed by atoms with Crippen molar-refractivity contribution in [2.75, 3.05) is 12.4 Å². The summed E-state index contributed by atoms with van der Waals surface area (Å²) in [6.45, 7) is 0. The maximum atomic E-state index is 4.87. The molecule has 118 valence electrons. The number of aryl methyl sites for hydroxylation is 1. The van der Waals surface area contributed by atoms with E-state index in [0.717, 1.165) is 43.3 Å². The summed E-state index contributed by atoms with van der Waals surface area (Å²) in [6, 6.07) is 8.41. The van der Waals surface area contributed by atoms with Crippen molar-refractivity contribution >= 4 is 49.4 Å². The lowest BCUT2D eigenvalue weighted by Gasteiger charge is -2.01. The Morgan fingerprint density at radius 1 is 1.17 bits per heavy atom. The molecule has 0 unspecified atom stereocenters. The SMILES string of the molecule is CNc1nc2sc(-c3ccc4[nH]ccc4c3)nc2c2c1ncn2C. The van der Waals surface area contributed by atoms with Crippen LogP contribution in [0.25, 0.3) is 42.9 Å². The highest BCUT2D eigenvalue weighted by atomic mass is 32.1. The van der Waals surface area contributed by atoms with Crippen molar-refractivity contribution in [3.63, 3.8) is 0 Å². The molecule has 4 heterocycles. The summed E-state index contributed by atoms with van der Waals surface area (Å²) in [5, 5.41) is 5.28. The highest BCUT2D eigenvalue weighted by Gasteiger charge is 2.17. The molecule has 1 aromatic carbocycles. The minimum Gasteiger partial charge on any atom is -0.371 e. The lowest BCUT2D eigenvalue weighted by Crippen LogP contribution is -1.95. The van der Waals surface area contributed by atoms with Gasteiger partial charge in [0.1, 0.15) is 26.4 Å². The minimum atomic E-state index is 0.786. The summed E-state index contributed by atoms with van der Waals surface area (Å²) in [5.41, 5.74) is 4.99. The Hall–Kier alpha value is -2.93. The fourth-order valence-corrected chi connectivity index (χ4v) is 4.00. The molecule has 0 saturated heterocycles. The minimum absolute atomic E-state index is 0.786. The summed E-state index contributed by atoms with van der Waals surface area (Å²) in [4.78, 5) is 18.2. The Bertz CT molecular complexity index is 1210. The molecule has 0 aliphatic rings. The van der Waals surface area contributed by atoms with Crippen LogP contribution in [-0.4, -0.2) is 31.6 Å². The number of aromatic amines is 1. The normalized spacial score (nSPS) is 11.8. The third kappa shape index (κ3) is 1.78. The summed E-state index contributed by atoms with van der Waals surface area (Å²) in [7, 11) is 3.85. The van der Waals surface area contributed by atoms with E-state index in [1.165, 1.54) is 5.39 Å². The number of hydrogen-bond acceptors (Lipinski definition) is 5. The molecule has 0 aliphatic carbocycles. The monoisotopic (exact) mass is 334 g/mol. The van der Waals surface area contributed by atoms with Gasteiger partial charge in [0, 0.05) is 36.8 Å². The number of fused-ring (bicyclic) bond motifs is 4. The van der Waals surface area contributed by atoms with Crippen molar-refractivity contribution in [1.82, 2.24) is 24.5 Å². The van der Waals surface area contributed by atoms with Gasteiger partial charge < -0.3 is 14.9 Å². The molecular weight excluding hydrogens is 320 g/mol. The molecule has 0 spiro atoms. The van der Waals surface area contributed by atoms with Crippen LogP contribution < -0.4 is 5.32 Å². The largest absolute Gasteiger partial charge is 0.371 e. The topological polar surface area (TPSA) is 71.4 Å². The van der Waals surface area contributed by atoms with E-state index in [2.05, 4.69) is 39.6 Å². The van der Waals surface area contributed by atoms with Crippen LogP contribution in [0.2, 0.25) is 0 Å². The number of thiazole rings is 1. The zero-order chi connectivity index (χ0) is 16.3. The van der Waals surface area contributed by atoms with Gasteiger partial charge in [-0.1, -0.05) is 11.3 Å². The van der Waals surface area contributed by atoms with Crippen molar-refractivity contribution in [2.24, 2.45) is 7.05 Å². The van der Waals surface area contributed by atoms with Crippen LogP contribution in [0.3, 0.4) is 0 Å². The van der Waals surface area contributed by atoms with Gasteiger partial charge in [0.05, 0.1) is 6.33 Å².